The second-order valence-corrected chi connectivity index (χ2v) is 11.8. The highest BCUT2D eigenvalue weighted by atomic mass is 127. The zero-order valence-corrected chi connectivity index (χ0v) is 24.1. The van der Waals surface area contributed by atoms with Gasteiger partial charge in [-0.05, 0) is 115 Å². The molecule has 196 valence electrons. The van der Waals surface area contributed by atoms with Crippen molar-refractivity contribution < 1.29 is 14.5 Å². The molecule has 3 aromatic rings. The molecule has 8 nitrogen and oxygen atoms in total. The Morgan fingerprint density at radius 3 is 2.42 bits per heavy atom. The van der Waals surface area contributed by atoms with E-state index < -0.39 is 0 Å². The van der Waals surface area contributed by atoms with E-state index in [-0.39, 0.29) is 28.3 Å². The average molecular weight is 643 g/mol. The Labute approximate surface area is 239 Å². The van der Waals surface area contributed by atoms with Crippen molar-refractivity contribution >= 4 is 62.9 Å². The topological polar surface area (TPSA) is 88.7 Å². The molecule has 1 aromatic heterocycles. The summed E-state index contributed by atoms with van der Waals surface area (Å²) in [5, 5.41) is 11.7. The number of aryl methyl sites for hydroxylation is 1. The van der Waals surface area contributed by atoms with Gasteiger partial charge in [-0.2, -0.15) is 0 Å². The number of nitrogens with zero attached hydrogens (tertiary/aromatic N) is 4. The minimum absolute atomic E-state index is 0.0927. The molecule has 10 heteroatoms. The highest BCUT2D eigenvalue weighted by molar-refractivity contribution is 14.1. The van der Waals surface area contributed by atoms with Crippen molar-refractivity contribution in [2.45, 2.75) is 39.7 Å². The van der Waals surface area contributed by atoms with Crippen molar-refractivity contribution in [3.8, 4) is 5.69 Å². The molecule has 2 saturated heterocycles. The highest BCUT2D eigenvalue weighted by Gasteiger charge is 2.35. The third-order valence-corrected chi connectivity index (χ3v) is 8.62. The summed E-state index contributed by atoms with van der Waals surface area (Å²) < 4.78 is 3.04. The number of rotatable bonds is 6. The summed E-state index contributed by atoms with van der Waals surface area (Å²) in [6.45, 7) is 5.72. The van der Waals surface area contributed by atoms with Crippen molar-refractivity contribution in [3.05, 3.63) is 89.6 Å². The van der Waals surface area contributed by atoms with E-state index in [1.54, 1.807) is 12.1 Å². The van der Waals surface area contributed by atoms with Crippen molar-refractivity contribution in [1.29, 1.82) is 0 Å². The van der Waals surface area contributed by atoms with Gasteiger partial charge in [0.15, 0.2) is 0 Å². The fourth-order valence-corrected chi connectivity index (χ4v) is 6.27. The number of anilines is 1. The van der Waals surface area contributed by atoms with Crippen LogP contribution in [0.3, 0.4) is 0 Å². The maximum atomic E-state index is 13.1. The minimum atomic E-state index is -0.315. The van der Waals surface area contributed by atoms with Crippen LogP contribution in [0.1, 0.15) is 41.8 Å². The molecule has 5 rings (SSSR count). The summed E-state index contributed by atoms with van der Waals surface area (Å²) in [4.78, 5) is 41.1. The molecule has 0 bridgehead atoms. The van der Waals surface area contributed by atoms with E-state index in [1.165, 1.54) is 4.90 Å². The van der Waals surface area contributed by atoms with Crippen LogP contribution in [0.4, 0.5) is 16.2 Å². The molecular formula is C28H27IN4O4S. The van der Waals surface area contributed by atoms with Gasteiger partial charge in [0.05, 0.1) is 22.1 Å². The van der Waals surface area contributed by atoms with E-state index in [2.05, 4.69) is 27.5 Å². The smallest absolute Gasteiger partial charge is 0.294 e. The Morgan fingerprint density at radius 2 is 1.74 bits per heavy atom. The molecule has 2 fully saturated rings. The first kappa shape index (κ1) is 26.5. The standard InChI is InChI=1S/C28H27IN4O4S/c1-18-14-21(15-26-27(34)31(28(35)38-26)17-20-6-8-22(29)9-7-20)19(2)32(18)23-10-11-24(25(16-23)33(36)37)30-12-4-3-5-13-30/h6-11,14-16H,3-5,12-13,17H2,1-2H3/b26-15-. The Balaban J connectivity index is 1.43. The Kier molecular flexibility index (Phi) is 7.62. The average Bonchev–Trinajstić information content (AvgIpc) is 3.34. The van der Waals surface area contributed by atoms with E-state index >= 15 is 0 Å². The lowest BCUT2D eigenvalue weighted by molar-refractivity contribution is -0.384. The van der Waals surface area contributed by atoms with Crippen LogP contribution in [0, 0.1) is 27.5 Å². The van der Waals surface area contributed by atoms with Crippen LogP contribution in [-0.4, -0.2) is 38.6 Å². The van der Waals surface area contributed by atoms with Crippen LogP contribution in [0.5, 0.6) is 0 Å². The van der Waals surface area contributed by atoms with Gasteiger partial charge in [0.25, 0.3) is 16.8 Å². The number of benzene rings is 2. The lowest BCUT2D eigenvalue weighted by Crippen LogP contribution is -2.30. The van der Waals surface area contributed by atoms with Crippen molar-refractivity contribution in [2.75, 3.05) is 18.0 Å². The number of halogens is 1. The fourth-order valence-electron chi connectivity index (χ4n) is 5.08. The number of amides is 2. The van der Waals surface area contributed by atoms with Gasteiger partial charge in [-0.3, -0.25) is 24.6 Å². The molecule has 38 heavy (non-hydrogen) atoms. The third kappa shape index (κ3) is 5.24. The first-order valence-electron chi connectivity index (χ1n) is 12.5. The Morgan fingerprint density at radius 1 is 1.03 bits per heavy atom. The molecule has 0 aliphatic carbocycles. The SMILES string of the molecule is Cc1cc(/C=C2\SC(=O)N(Cc3ccc(I)cc3)C2=O)c(C)n1-c1ccc(N2CCCCC2)c([N+](=O)[O-])c1. The number of aromatic nitrogens is 1. The van der Waals surface area contributed by atoms with Crippen molar-refractivity contribution in [3.63, 3.8) is 0 Å². The van der Waals surface area contributed by atoms with Gasteiger partial charge >= 0.3 is 0 Å². The van der Waals surface area contributed by atoms with E-state index in [9.17, 15) is 19.7 Å². The molecule has 2 amide bonds. The molecule has 2 aromatic carbocycles. The molecule has 0 radical (unpaired) electrons. The Hall–Kier alpha value is -3.12. The lowest BCUT2D eigenvalue weighted by atomic mass is 10.1. The normalized spacial score (nSPS) is 17.1. The van der Waals surface area contributed by atoms with Crippen LogP contribution in [0.25, 0.3) is 11.8 Å². The molecular weight excluding hydrogens is 615 g/mol. The monoisotopic (exact) mass is 642 g/mol. The number of nitro groups is 1. The second-order valence-electron chi connectivity index (χ2n) is 9.53. The minimum Gasteiger partial charge on any atom is -0.366 e. The largest absolute Gasteiger partial charge is 0.366 e. The summed E-state index contributed by atoms with van der Waals surface area (Å²) in [6, 6.07) is 15.0. The number of hydrogen-bond acceptors (Lipinski definition) is 6. The van der Waals surface area contributed by atoms with Gasteiger partial charge in [0, 0.05) is 34.1 Å². The van der Waals surface area contributed by atoms with Crippen molar-refractivity contribution in [1.82, 2.24) is 9.47 Å². The summed E-state index contributed by atoms with van der Waals surface area (Å²) in [5.74, 6) is -0.315. The van der Waals surface area contributed by atoms with Crippen LogP contribution in [0.15, 0.2) is 53.4 Å². The predicted molar refractivity (Wildman–Crippen MR) is 159 cm³/mol. The number of imide groups is 1. The van der Waals surface area contributed by atoms with Gasteiger partial charge in [-0.1, -0.05) is 12.1 Å². The van der Waals surface area contributed by atoms with E-state index in [0.717, 1.165) is 70.2 Å². The molecule has 3 heterocycles. The predicted octanol–water partition coefficient (Wildman–Crippen LogP) is 6.83. The summed E-state index contributed by atoms with van der Waals surface area (Å²) in [6.07, 6.45) is 4.97. The quantitative estimate of drug-likeness (QED) is 0.127. The fraction of sp³-hybridized carbons (Fsp3) is 0.286. The number of carbonyl (C=O) groups is 2. The van der Waals surface area contributed by atoms with E-state index in [0.29, 0.717) is 16.3 Å². The summed E-state index contributed by atoms with van der Waals surface area (Å²) in [5.41, 5.74) is 4.85. The van der Waals surface area contributed by atoms with Crippen LogP contribution >= 0.6 is 34.4 Å². The lowest BCUT2D eigenvalue weighted by Gasteiger charge is -2.28. The molecule has 0 saturated carbocycles. The van der Waals surface area contributed by atoms with Crippen LogP contribution in [0.2, 0.25) is 0 Å². The van der Waals surface area contributed by atoms with E-state index in [4.69, 9.17) is 0 Å². The first-order chi connectivity index (χ1) is 18.2. The number of thioether (sulfide) groups is 1. The highest BCUT2D eigenvalue weighted by Crippen LogP contribution is 2.36. The molecule has 0 atom stereocenters. The van der Waals surface area contributed by atoms with Gasteiger partial charge in [-0.15, -0.1) is 0 Å². The number of hydrogen-bond donors (Lipinski definition) is 0. The van der Waals surface area contributed by atoms with Gasteiger partial charge < -0.3 is 9.47 Å². The zero-order chi connectivity index (χ0) is 27.0. The zero-order valence-electron chi connectivity index (χ0n) is 21.1. The molecule has 0 N–H and O–H groups in total. The second kappa shape index (κ2) is 10.9. The molecule has 0 spiro atoms. The summed E-state index contributed by atoms with van der Waals surface area (Å²) >= 11 is 3.15. The number of nitro benzene ring substituents is 1. The first-order valence-corrected chi connectivity index (χ1v) is 14.3. The summed E-state index contributed by atoms with van der Waals surface area (Å²) in [7, 11) is 0. The third-order valence-electron chi connectivity index (χ3n) is 7.00. The van der Waals surface area contributed by atoms with E-state index in [1.807, 2.05) is 60.9 Å². The maximum absolute atomic E-state index is 13.1. The van der Waals surface area contributed by atoms with Gasteiger partial charge in [-0.25, -0.2) is 0 Å². The number of piperidine rings is 1. The van der Waals surface area contributed by atoms with Gasteiger partial charge in [0.2, 0.25) is 0 Å². The maximum Gasteiger partial charge on any atom is 0.294 e. The number of carbonyl (C=O) groups excluding carboxylic acids is 2. The van der Waals surface area contributed by atoms with Crippen molar-refractivity contribution in [2.24, 2.45) is 0 Å². The van der Waals surface area contributed by atoms with Gasteiger partial charge in [0.1, 0.15) is 5.69 Å². The molecule has 2 aliphatic rings. The molecule has 0 unspecified atom stereocenters. The van der Waals surface area contributed by atoms with Crippen LogP contribution in [-0.2, 0) is 11.3 Å². The molecule has 2 aliphatic heterocycles. The Bertz CT molecular complexity index is 1460. The van der Waals surface area contributed by atoms with Crippen LogP contribution < -0.4 is 4.90 Å².